The van der Waals surface area contributed by atoms with Gasteiger partial charge in [0.15, 0.2) is 0 Å². The lowest BCUT2D eigenvalue weighted by molar-refractivity contribution is -0.113. The molecule has 0 aliphatic heterocycles. The third-order valence-corrected chi connectivity index (χ3v) is 4.97. The molecule has 5 nitrogen and oxygen atoms in total. The van der Waals surface area contributed by atoms with Crippen LogP contribution in [0.25, 0.3) is 11.0 Å². The third-order valence-electron chi connectivity index (χ3n) is 3.97. The van der Waals surface area contributed by atoms with E-state index in [2.05, 4.69) is 5.32 Å². The number of fused-ring (bicyclic) bond motifs is 1. The van der Waals surface area contributed by atoms with E-state index in [0.29, 0.717) is 17.2 Å². The second-order valence-corrected chi connectivity index (χ2v) is 6.76. The van der Waals surface area contributed by atoms with E-state index >= 15 is 0 Å². The summed E-state index contributed by atoms with van der Waals surface area (Å²) in [6.07, 6.45) is 0. The zero-order chi connectivity index (χ0) is 18.0. The van der Waals surface area contributed by atoms with Crippen molar-refractivity contribution in [3.63, 3.8) is 0 Å². The molecule has 25 heavy (non-hydrogen) atoms. The highest BCUT2D eigenvalue weighted by Gasteiger charge is 2.09. The van der Waals surface area contributed by atoms with Crippen LogP contribution in [0.5, 0.6) is 0 Å². The second kappa shape index (κ2) is 7.14. The number of anilines is 1. The molecule has 0 radical (unpaired) electrons. The predicted octanol–water partition coefficient (Wildman–Crippen LogP) is 2.89. The molecule has 0 aliphatic rings. The summed E-state index contributed by atoms with van der Waals surface area (Å²) in [6.45, 7) is 0. The Morgan fingerprint density at radius 2 is 1.76 bits per heavy atom. The molecule has 0 spiro atoms. The smallest absolute Gasteiger partial charge is 0.325 e. The van der Waals surface area contributed by atoms with Crippen LogP contribution < -0.4 is 11.0 Å². The molecule has 1 amide bonds. The summed E-state index contributed by atoms with van der Waals surface area (Å²) in [5.74, 6) is 0.549. The Balaban J connectivity index is 1.61. The number of amides is 1. The quantitative estimate of drug-likeness (QED) is 0.762. The van der Waals surface area contributed by atoms with Crippen LogP contribution in [0.3, 0.4) is 0 Å². The van der Waals surface area contributed by atoms with Crippen LogP contribution in [0.1, 0.15) is 5.56 Å². The lowest BCUT2D eigenvalue weighted by Crippen LogP contribution is -2.19. The van der Waals surface area contributed by atoms with E-state index in [0.717, 1.165) is 16.6 Å². The predicted molar refractivity (Wildman–Crippen MR) is 99.4 cm³/mol. The Morgan fingerprint density at radius 3 is 2.48 bits per heavy atom. The van der Waals surface area contributed by atoms with Crippen LogP contribution in [-0.2, 0) is 24.6 Å². The summed E-state index contributed by atoms with van der Waals surface area (Å²) >= 11 is 1.46. The summed E-state index contributed by atoms with van der Waals surface area (Å²) < 4.78 is 16.0. The number of nitrogens with zero attached hydrogens (tertiary/aromatic N) is 2. The zero-order valence-corrected chi connectivity index (χ0v) is 14.8. The highest BCUT2D eigenvalue weighted by atomic mass is 32.2. The summed E-state index contributed by atoms with van der Waals surface area (Å²) in [5, 5.41) is 2.84. The number of aryl methyl sites for hydroxylation is 2. The van der Waals surface area contributed by atoms with Crippen molar-refractivity contribution in [2.45, 2.75) is 5.75 Å². The number of thioether (sulfide) groups is 1. The van der Waals surface area contributed by atoms with Gasteiger partial charge in [0, 0.05) is 25.5 Å². The van der Waals surface area contributed by atoms with Crippen molar-refractivity contribution in [3.05, 3.63) is 64.3 Å². The van der Waals surface area contributed by atoms with E-state index in [1.54, 1.807) is 47.5 Å². The zero-order valence-electron chi connectivity index (χ0n) is 14.0. The molecule has 0 atom stereocenters. The van der Waals surface area contributed by atoms with E-state index in [-0.39, 0.29) is 17.4 Å². The Morgan fingerprint density at radius 1 is 1.08 bits per heavy atom. The van der Waals surface area contributed by atoms with Gasteiger partial charge in [-0.25, -0.2) is 9.18 Å². The van der Waals surface area contributed by atoms with Crippen LogP contribution in [0.4, 0.5) is 10.1 Å². The number of imidazole rings is 1. The summed E-state index contributed by atoms with van der Waals surface area (Å²) in [4.78, 5) is 24.0. The maximum Gasteiger partial charge on any atom is 0.328 e. The van der Waals surface area contributed by atoms with Crippen molar-refractivity contribution >= 4 is 34.4 Å². The van der Waals surface area contributed by atoms with E-state index in [1.165, 1.54) is 23.9 Å². The van der Waals surface area contributed by atoms with Gasteiger partial charge in [-0.3, -0.25) is 13.9 Å². The molecule has 0 unspecified atom stereocenters. The first-order valence-electron chi connectivity index (χ1n) is 7.73. The largest absolute Gasteiger partial charge is 0.328 e. The molecule has 1 heterocycles. The van der Waals surface area contributed by atoms with Gasteiger partial charge < -0.3 is 5.32 Å². The molecule has 0 saturated heterocycles. The minimum atomic E-state index is -0.266. The number of nitrogens with one attached hydrogen (secondary N) is 1. The highest BCUT2D eigenvalue weighted by Crippen LogP contribution is 2.18. The lowest BCUT2D eigenvalue weighted by Gasteiger charge is -2.06. The van der Waals surface area contributed by atoms with Gasteiger partial charge in [0.1, 0.15) is 5.82 Å². The molecule has 3 rings (SSSR count). The number of rotatable bonds is 5. The van der Waals surface area contributed by atoms with Gasteiger partial charge in [0.2, 0.25) is 5.91 Å². The fraction of sp³-hybridized carbons (Fsp3) is 0.222. The molecule has 7 heteroatoms. The van der Waals surface area contributed by atoms with E-state index in [1.807, 2.05) is 6.07 Å². The fourth-order valence-electron chi connectivity index (χ4n) is 2.62. The Bertz CT molecular complexity index is 976. The number of aromatic nitrogens is 2. The Hall–Kier alpha value is -2.54. The van der Waals surface area contributed by atoms with Crippen LogP contribution in [0.2, 0.25) is 0 Å². The lowest BCUT2D eigenvalue weighted by atomic mass is 10.2. The Kier molecular flexibility index (Phi) is 4.94. The topological polar surface area (TPSA) is 56.0 Å². The molecule has 1 aromatic heterocycles. The van der Waals surface area contributed by atoms with E-state index < -0.39 is 0 Å². The van der Waals surface area contributed by atoms with Crippen LogP contribution >= 0.6 is 11.8 Å². The van der Waals surface area contributed by atoms with Gasteiger partial charge >= 0.3 is 5.69 Å². The molecular formula is C18H18FN3O2S. The number of carbonyl (C=O) groups is 1. The first kappa shape index (κ1) is 17.3. The fourth-order valence-corrected chi connectivity index (χ4v) is 3.41. The standard InChI is InChI=1S/C18H18FN3O2S/c1-21-15-8-7-14(9-16(15)22(2)18(21)24)20-17(23)11-25-10-12-3-5-13(19)6-4-12/h3-9H,10-11H2,1-2H3,(H,20,23). The number of hydrogen-bond acceptors (Lipinski definition) is 3. The summed E-state index contributed by atoms with van der Waals surface area (Å²) in [7, 11) is 3.42. The number of hydrogen-bond donors (Lipinski definition) is 1. The van der Waals surface area contributed by atoms with Crippen molar-refractivity contribution in [2.24, 2.45) is 14.1 Å². The molecule has 0 bridgehead atoms. The number of halogens is 1. The Labute approximate surface area is 148 Å². The summed E-state index contributed by atoms with van der Waals surface area (Å²) in [6, 6.07) is 11.6. The van der Waals surface area contributed by atoms with Crippen LogP contribution in [0, 0.1) is 5.82 Å². The van der Waals surface area contributed by atoms with Crippen molar-refractivity contribution in [2.75, 3.05) is 11.1 Å². The first-order chi connectivity index (χ1) is 12.0. The van der Waals surface area contributed by atoms with Crippen molar-refractivity contribution in [3.8, 4) is 0 Å². The van der Waals surface area contributed by atoms with Gasteiger partial charge in [0.05, 0.1) is 16.8 Å². The van der Waals surface area contributed by atoms with Gasteiger partial charge in [-0.05, 0) is 35.9 Å². The van der Waals surface area contributed by atoms with Crippen LogP contribution in [-0.4, -0.2) is 20.8 Å². The van der Waals surface area contributed by atoms with Gasteiger partial charge in [-0.1, -0.05) is 12.1 Å². The molecule has 2 aromatic carbocycles. The van der Waals surface area contributed by atoms with Gasteiger partial charge in [0.25, 0.3) is 0 Å². The first-order valence-corrected chi connectivity index (χ1v) is 8.88. The molecule has 0 saturated carbocycles. The minimum Gasteiger partial charge on any atom is -0.325 e. The van der Waals surface area contributed by atoms with Gasteiger partial charge in [-0.2, -0.15) is 0 Å². The van der Waals surface area contributed by atoms with Crippen molar-refractivity contribution < 1.29 is 9.18 Å². The minimum absolute atomic E-state index is 0.103. The SMILES string of the molecule is Cn1c(=O)n(C)c2cc(NC(=O)CSCc3ccc(F)cc3)ccc21. The van der Waals surface area contributed by atoms with Crippen molar-refractivity contribution in [1.29, 1.82) is 0 Å². The second-order valence-electron chi connectivity index (χ2n) is 5.77. The average Bonchev–Trinajstić information content (AvgIpc) is 2.81. The average molecular weight is 359 g/mol. The van der Waals surface area contributed by atoms with E-state index in [9.17, 15) is 14.0 Å². The number of carbonyl (C=O) groups excluding carboxylic acids is 1. The highest BCUT2D eigenvalue weighted by molar-refractivity contribution is 7.99. The normalized spacial score (nSPS) is 11.0. The maximum absolute atomic E-state index is 12.9. The van der Waals surface area contributed by atoms with Crippen molar-refractivity contribution in [1.82, 2.24) is 9.13 Å². The third kappa shape index (κ3) is 3.76. The molecule has 3 aromatic rings. The molecular weight excluding hydrogens is 341 g/mol. The van der Waals surface area contributed by atoms with Gasteiger partial charge in [-0.15, -0.1) is 11.8 Å². The molecule has 0 aliphatic carbocycles. The maximum atomic E-state index is 12.9. The number of benzene rings is 2. The van der Waals surface area contributed by atoms with Crippen LogP contribution in [0.15, 0.2) is 47.3 Å². The van der Waals surface area contributed by atoms with E-state index in [4.69, 9.17) is 0 Å². The summed E-state index contributed by atoms with van der Waals surface area (Å²) in [5.41, 5.74) is 3.11. The molecule has 0 fully saturated rings. The monoisotopic (exact) mass is 359 g/mol. The molecule has 130 valence electrons. The molecule has 1 N–H and O–H groups in total.